The van der Waals surface area contributed by atoms with Gasteiger partial charge in [-0.1, -0.05) is 44.2 Å². The Morgan fingerprint density at radius 1 is 1.16 bits per heavy atom. The van der Waals surface area contributed by atoms with Crippen LogP contribution in [0.3, 0.4) is 0 Å². The molecule has 154 valence electrons. The van der Waals surface area contributed by atoms with Crippen molar-refractivity contribution in [1.29, 1.82) is 5.26 Å². The normalized spacial score (nSPS) is 21.7. The van der Waals surface area contributed by atoms with Crippen molar-refractivity contribution in [2.75, 3.05) is 4.90 Å². The highest BCUT2D eigenvalue weighted by Gasteiger charge is 2.47. The number of fused-ring (bicyclic) bond motifs is 4. The molecule has 2 aliphatic heterocycles. The molecule has 0 radical (unpaired) electrons. The molecular weight excluding hydrogens is 391 g/mol. The lowest BCUT2D eigenvalue weighted by molar-refractivity contribution is -0.118. The minimum Gasteiger partial charge on any atom is -0.383 e. The number of benzene rings is 2. The molecule has 1 atom stereocenters. The third-order valence-electron chi connectivity index (χ3n) is 6.18. The van der Waals surface area contributed by atoms with Crippen LogP contribution in [-0.4, -0.2) is 11.6 Å². The van der Waals surface area contributed by atoms with Gasteiger partial charge >= 0.3 is 0 Å². The van der Waals surface area contributed by atoms with Crippen LogP contribution < -0.4 is 10.6 Å². The van der Waals surface area contributed by atoms with Gasteiger partial charge in [0.15, 0.2) is 11.6 Å². The van der Waals surface area contributed by atoms with Crippen molar-refractivity contribution >= 4 is 17.3 Å². The number of hydrogen-bond donors (Lipinski definition) is 1. The molecule has 0 saturated carbocycles. The van der Waals surface area contributed by atoms with Crippen molar-refractivity contribution in [2.24, 2.45) is 16.1 Å². The molecule has 2 heterocycles. The lowest BCUT2D eigenvalue weighted by Gasteiger charge is -2.45. The molecule has 2 aromatic carbocycles. The second-order valence-corrected chi connectivity index (χ2v) is 8.95. The largest absolute Gasteiger partial charge is 0.383 e. The number of rotatable bonds is 1. The number of hydrogen-bond acceptors (Lipinski definition) is 5. The van der Waals surface area contributed by atoms with E-state index in [2.05, 4.69) is 11.1 Å². The third-order valence-corrected chi connectivity index (χ3v) is 6.18. The quantitative estimate of drug-likeness (QED) is 0.746. The Balaban J connectivity index is 1.87. The fourth-order valence-corrected chi connectivity index (χ4v) is 4.91. The summed E-state index contributed by atoms with van der Waals surface area (Å²) >= 11 is 0. The molecular formula is C25H21FN4O. The van der Waals surface area contributed by atoms with Gasteiger partial charge in [0.25, 0.3) is 0 Å². The number of amidine groups is 1. The molecule has 0 aromatic heterocycles. The fourth-order valence-electron chi connectivity index (χ4n) is 4.91. The van der Waals surface area contributed by atoms with E-state index in [1.54, 1.807) is 18.2 Å². The maximum atomic E-state index is 14.9. The zero-order valence-electron chi connectivity index (χ0n) is 17.3. The number of allylic oxidation sites excluding steroid dienone is 3. The van der Waals surface area contributed by atoms with Crippen molar-refractivity contribution in [3.8, 4) is 6.07 Å². The molecule has 5 nitrogen and oxygen atoms in total. The van der Waals surface area contributed by atoms with E-state index >= 15 is 0 Å². The molecule has 1 unspecified atom stereocenters. The predicted octanol–water partition coefficient (Wildman–Crippen LogP) is 4.53. The van der Waals surface area contributed by atoms with E-state index in [9.17, 15) is 14.4 Å². The molecule has 2 aromatic rings. The van der Waals surface area contributed by atoms with Gasteiger partial charge < -0.3 is 5.73 Å². The molecule has 2 N–H and O–H groups in total. The van der Waals surface area contributed by atoms with E-state index in [0.29, 0.717) is 35.6 Å². The van der Waals surface area contributed by atoms with Crippen molar-refractivity contribution in [3.05, 3.63) is 88.1 Å². The Bertz CT molecular complexity index is 1280. The number of aliphatic imine (C=N–C) groups is 1. The lowest BCUT2D eigenvalue weighted by Crippen LogP contribution is -2.42. The van der Waals surface area contributed by atoms with Crippen LogP contribution in [0.4, 0.5) is 10.1 Å². The first kappa shape index (κ1) is 19.3. The first-order valence-corrected chi connectivity index (χ1v) is 10.2. The molecule has 0 bridgehead atoms. The highest BCUT2D eigenvalue weighted by Crippen LogP contribution is 2.52. The summed E-state index contributed by atoms with van der Waals surface area (Å²) in [6.45, 7) is 4.09. The van der Waals surface area contributed by atoms with Gasteiger partial charge in [-0.2, -0.15) is 5.26 Å². The molecule has 5 rings (SSSR count). The number of nitrogens with zero attached hydrogens (tertiary/aromatic N) is 3. The summed E-state index contributed by atoms with van der Waals surface area (Å²) in [6, 6.07) is 16.1. The van der Waals surface area contributed by atoms with E-state index in [-0.39, 0.29) is 16.8 Å². The Morgan fingerprint density at radius 3 is 2.61 bits per heavy atom. The minimum atomic E-state index is -0.808. The first-order chi connectivity index (χ1) is 14.8. The Hall–Kier alpha value is -3.72. The highest BCUT2D eigenvalue weighted by molar-refractivity contribution is 6.08. The van der Waals surface area contributed by atoms with Gasteiger partial charge in [0, 0.05) is 28.8 Å². The average molecular weight is 412 g/mol. The number of nitrogens with two attached hydrogens (primary N) is 1. The minimum absolute atomic E-state index is 0.0636. The smallest absolute Gasteiger partial charge is 0.162 e. The fraction of sp³-hybridized carbons (Fsp3) is 0.240. The van der Waals surface area contributed by atoms with Gasteiger partial charge in [-0.15, -0.1) is 0 Å². The van der Waals surface area contributed by atoms with Crippen LogP contribution in [-0.2, 0) is 4.79 Å². The van der Waals surface area contributed by atoms with E-state index in [0.717, 1.165) is 16.9 Å². The van der Waals surface area contributed by atoms with Crippen LogP contribution in [0.2, 0.25) is 0 Å². The first-order valence-electron chi connectivity index (χ1n) is 10.2. The molecule has 6 heteroatoms. The van der Waals surface area contributed by atoms with Crippen molar-refractivity contribution < 1.29 is 9.18 Å². The number of para-hydroxylation sites is 1. The van der Waals surface area contributed by atoms with E-state index in [1.165, 1.54) is 6.07 Å². The zero-order valence-corrected chi connectivity index (χ0v) is 17.3. The lowest BCUT2D eigenvalue weighted by atomic mass is 9.68. The van der Waals surface area contributed by atoms with Gasteiger partial charge in [-0.05, 0) is 30.0 Å². The number of anilines is 1. The topological polar surface area (TPSA) is 82.5 Å². The third kappa shape index (κ3) is 2.81. The molecule has 0 fully saturated rings. The maximum Gasteiger partial charge on any atom is 0.162 e. The molecule has 31 heavy (non-hydrogen) atoms. The standard InChI is InChI=1S/C25H21FN4O/c1-25(2)11-19-22(20(31)12-25)21(14-7-3-5-9-17(14)26)16(13-27)24-29-23(28)15-8-4-6-10-18(15)30(19)24/h3-10,21H,11-12H2,1-2H3,(H2,28,29). The number of Topliss-reactive ketones (excluding diaryl/α,β-unsaturated/α-hetero) is 1. The van der Waals surface area contributed by atoms with E-state index in [1.807, 2.05) is 43.0 Å². The van der Waals surface area contributed by atoms with Crippen molar-refractivity contribution in [2.45, 2.75) is 32.6 Å². The molecule has 1 aliphatic carbocycles. The average Bonchev–Trinajstić information content (AvgIpc) is 2.72. The number of nitriles is 1. The van der Waals surface area contributed by atoms with Crippen LogP contribution in [0.5, 0.6) is 0 Å². The van der Waals surface area contributed by atoms with Crippen LogP contribution in [0.25, 0.3) is 0 Å². The van der Waals surface area contributed by atoms with Gasteiger partial charge in [0.05, 0.1) is 23.2 Å². The molecule has 0 amide bonds. The summed E-state index contributed by atoms with van der Waals surface area (Å²) in [5, 5.41) is 10.2. The number of carbonyl (C=O) groups excluding carboxylic acids is 1. The van der Waals surface area contributed by atoms with Crippen LogP contribution in [0.1, 0.15) is 43.7 Å². The van der Waals surface area contributed by atoms with Gasteiger partial charge in [-0.3, -0.25) is 9.69 Å². The van der Waals surface area contributed by atoms with Gasteiger partial charge in [-0.25, -0.2) is 9.38 Å². The summed E-state index contributed by atoms with van der Waals surface area (Å²) < 4.78 is 14.9. The second kappa shape index (κ2) is 6.64. The van der Waals surface area contributed by atoms with E-state index < -0.39 is 11.7 Å². The van der Waals surface area contributed by atoms with Gasteiger partial charge in [0.2, 0.25) is 0 Å². The molecule has 0 spiro atoms. The monoisotopic (exact) mass is 412 g/mol. The number of carbonyl (C=O) groups is 1. The SMILES string of the molecule is CC1(C)CC(=O)C2=C(C1)N1C(=C(C#N)C2c2ccccc2F)N=C(N)c2ccccc21. The summed E-state index contributed by atoms with van der Waals surface area (Å²) in [6.07, 6.45) is 0.941. The number of ketones is 1. The van der Waals surface area contributed by atoms with E-state index in [4.69, 9.17) is 5.73 Å². The molecule has 0 saturated heterocycles. The van der Waals surface area contributed by atoms with Crippen LogP contribution >= 0.6 is 0 Å². The second-order valence-electron chi connectivity index (χ2n) is 8.95. The summed E-state index contributed by atoms with van der Waals surface area (Å²) in [4.78, 5) is 19.9. The number of halogens is 1. The van der Waals surface area contributed by atoms with Crippen LogP contribution in [0.15, 0.2) is 76.2 Å². The Kier molecular flexibility index (Phi) is 4.13. The Labute approximate surface area is 180 Å². The predicted molar refractivity (Wildman–Crippen MR) is 116 cm³/mol. The zero-order chi connectivity index (χ0) is 21.9. The summed E-state index contributed by atoms with van der Waals surface area (Å²) in [5.74, 6) is -0.653. The summed E-state index contributed by atoms with van der Waals surface area (Å²) in [7, 11) is 0. The molecule has 3 aliphatic rings. The maximum absolute atomic E-state index is 14.9. The Morgan fingerprint density at radius 2 is 1.87 bits per heavy atom. The van der Waals surface area contributed by atoms with Crippen molar-refractivity contribution in [3.63, 3.8) is 0 Å². The highest BCUT2D eigenvalue weighted by atomic mass is 19.1. The van der Waals surface area contributed by atoms with Crippen molar-refractivity contribution in [1.82, 2.24) is 0 Å². The summed E-state index contributed by atoms with van der Waals surface area (Å²) in [5.41, 5.74) is 9.30. The van der Waals surface area contributed by atoms with Crippen LogP contribution in [0, 0.1) is 22.6 Å². The van der Waals surface area contributed by atoms with Gasteiger partial charge in [0.1, 0.15) is 11.7 Å².